The van der Waals surface area contributed by atoms with E-state index in [1.807, 2.05) is 0 Å². The predicted molar refractivity (Wildman–Crippen MR) is 50.2 cm³/mol. The van der Waals surface area contributed by atoms with E-state index in [1.165, 1.54) is 26.2 Å². The zero-order valence-electron chi connectivity index (χ0n) is 8.67. The molecule has 0 radical (unpaired) electrons. The van der Waals surface area contributed by atoms with E-state index in [4.69, 9.17) is 4.74 Å². The molecule has 0 heterocycles. The highest BCUT2D eigenvalue weighted by Gasteiger charge is 2.54. The van der Waals surface area contributed by atoms with Crippen molar-refractivity contribution in [2.45, 2.75) is 46.1 Å². The molecule has 2 nitrogen and oxygen atoms in total. The second-order valence-electron chi connectivity index (χ2n) is 5.12. The fourth-order valence-electron chi connectivity index (χ4n) is 3.23. The summed E-state index contributed by atoms with van der Waals surface area (Å²) in [5, 5.41) is 0. The Kier molecular flexibility index (Phi) is 1.90. The van der Waals surface area contributed by atoms with Crippen molar-refractivity contribution >= 4 is 5.97 Å². The lowest BCUT2D eigenvalue weighted by atomic mass is 9.74. The van der Waals surface area contributed by atoms with E-state index in [0.717, 1.165) is 5.92 Å². The molecule has 0 amide bonds. The van der Waals surface area contributed by atoms with E-state index in [9.17, 15) is 4.79 Å². The van der Waals surface area contributed by atoms with E-state index in [1.54, 1.807) is 0 Å². The summed E-state index contributed by atoms with van der Waals surface area (Å²) in [7, 11) is 0. The van der Waals surface area contributed by atoms with Gasteiger partial charge in [-0.2, -0.15) is 0 Å². The zero-order chi connectivity index (χ0) is 9.64. The van der Waals surface area contributed by atoms with Crippen molar-refractivity contribution in [2.75, 3.05) is 0 Å². The number of rotatable bonds is 1. The Bertz CT molecular complexity index is 232. The Labute approximate surface area is 79.7 Å². The van der Waals surface area contributed by atoms with Crippen LogP contribution >= 0.6 is 0 Å². The molecule has 0 aromatic carbocycles. The van der Waals surface area contributed by atoms with E-state index in [-0.39, 0.29) is 17.5 Å². The van der Waals surface area contributed by atoms with E-state index < -0.39 is 0 Å². The molecule has 2 bridgehead atoms. The van der Waals surface area contributed by atoms with Crippen LogP contribution in [0, 0.1) is 17.3 Å². The van der Waals surface area contributed by atoms with Gasteiger partial charge in [0.25, 0.3) is 0 Å². The lowest BCUT2D eigenvalue weighted by Crippen LogP contribution is -2.38. The van der Waals surface area contributed by atoms with Gasteiger partial charge in [-0.25, -0.2) is 0 Å². The van der Waals surface area contributed by atoms with Gasteiger partial charge >= 0.3 is 5.97 Å². The molecule has 2 aliphatic carbocycles. The number of esters is 1. The van der Waals surface area contributed by atoms with Gasteiger partial charge in [0.2, 0.25) is 0 Å². The largest absolute Gasteiger partial charge is 0.462 e. The van der Waals surface area contributed by atoms with Crippen molar-refractivity contribution in [3.8, 4) is 0 Å². The van der Waals surface area contributed by atoms with Crippen molar-refractivity contribution in [3.63, 3.8) is 0 Å². The highest BCUT2D eigenvalue weighted by Crippen LogP contribution is 2.56. The molecule has 0 saturated heterocycles. The smallest absolute Gasteiger partial charge is 0.302 e. The Morgan fingerprint density at radius 2 is 2.08 bits per heavy atom. The summed E-state index contributed by atoms with van der Waals surface area (Å²) in [5.41, 5.74) is 0.217. The maximum absolute atomic E-state index is 10.9. The Morgan fingerprint density at radius 1 is 1.38 bits per heavy atom. The third-order valence-electron chi connectivity index (χ3n) is 3.98. The van der Waals surface area contributed by atoms with Crippen molar-refractivity contribution in [2.24, 2.45) is 17.3 Å². The minimum atomic E-state index is -0.120. The van der Waals surface area contributed by atoms with Gasteiger partial charge in [0, 0.05) is 12.3 Å². The lowest BCUT2D eigenvalue weighted by Gasteiger charge is -2.37. The maximum Gasteiger partial charge on any atom is 0.302 e. The van der Waals surface area contributed by atoms with Gasteiger partial charge in [0.05, 0.1) is 0 Å². The number of fused-ring (bicyclic) bond motifs is 2. The minimum Gasteiger partial charge on any atom is -0.462 e. The average Bonchev–Trinajstić information content (AvgIpc) is 2.53. The molecule has 0 N–H and O–H groups in total. The molecule has 2 saturated carbocycles. The lowest BCUT2D eigenvalue weighted by molar-refractivity contribution is -0.156. The Morgan fingerprint density at radius 3 is 2.54 bits per heavy atom. The first-order valence-electron chi connectivity index (χ1n) is 5.19. The summed E-state index contributed by atoms with van der Waals surface area (Å²) in [6.07, 6.45) is 4.04. The van der Waals surface area contributed by atoms with Crippen LogP contribution in [-0.4, -0.2) is 12.1 Å². The van der Waals surface area contributed by atoms with Crippen molar-refractivity contribution < 1.29 is 9.53 Å². The maximum atomic E-state index is 10.9. The van der Waals surface area contributed by atoms with Gasteiger partial charge in [0.1, 0.15) is 6.10 Å². The summed E-state index contributed by atoms with van der Waals surface area (Å²) in [6.45, 7) is 6.00. The molecule has 2 fully saturated rings. The summed E-state index contributed by atoms with van der Waals surface area (Å²) in [5.74, 6) is 1.30. The fourth-order valence-corrected chi connectivity index (χ4v) is 3.23. The standard InChI is InChI=1S/C11H18O2/c1-7(12)13-10-8-4-5-9(6-8)11(10,2)3/h8-10H,4-6H2,1-3H3. The number of carbonyl (C=O) groups excluding carboxylic acids is 1. The fraction of sp³-hybridized carbons (Fsp3) is 0.909. The van der Waals surface area contributed by atoms with Crippen LogP contribution in [-0.2, 0) is 9.53 Å². The highest BCUT2D eigenvalue weighted by atomic mass is 16.5. The Balaban J connectivity index is 2.14. The van der Waals surface area contributed by atoms with Crippen LogP contribution in [0.3, 0.4) is 0 Å². The highest BCUT2D eigenvalue weighted by molar-refractivity contribution is 5.66. The molecule has 2 rings (SSSR count). The second kappa shape index (κ2) is 2.73. The first kappa shape index (κ1) is 9.04. The second-order valence-corrected chi connectivity index (χ2v) is 5.12. The normalized spacial score (nSPS) is 40.7. The molecule has 3 atom stereocenters. The molecule has 0 spiro atoms. The Hall–Kier alpha value is -0.530. The average molecular weight is 182 g/mol. The van der Waals surface area contributed by atoms with Crippen LogP contribution in [0.5, 0.6) is 0 Å². The third-order valence-corrected chi connectivity index (χ3v) is 3.98. The first-order valence-corrected chi connectivity index (χ1v) is 5.19. The van der Waals surface area contributed by atoms with Crippen molar-refractivity contribution in [1.29, 1.82) is 0 Å². The first-order chi connectivity index (χ1) is 6.01. The molecule has 0 aromatic heterocycles. The molecule has 0 aromatic rings. The number of hydrogen-bond acceptors (Lipinski definition) is 2. The zero-order valence-corrected chi connectivity index (χ0v) is 8.67. The van der Waals surface area contributed by atoms with Crippen LogP contribution in [0.25, 0.3) is 0 Å². The van der Waals surface area contributed by atoms with E-state index in [0.29, 0.717) is 5.92 Å². The summed E-state index contributed by atoms with van der Waals surface area (Å²) in [4.78, 5) is 10.9. The molecular weight excluding hydrogens is 164 g/mol. The van der Waals surface area contributed by atoms with Gasteiger partial charge in [0.15, 0.2) is 0 Å². The van der Waals surface area contributed by atoms with Crippen molar-refractivity contribution in [1.82, 2.24) is 0 Å². The van der Waals surface area contributed by atoms with Crippen LogP contribution in [0.15, 0.2) is 0 Å². The minimum absolute atomic E-state index is 0.120. The molecule has 13 heavy (non-hydrogen) atoms. The topological polar surface area (TPSA) is 26.3 Å². The molecule has 2 heteroatoms. The molecule has 2 aliphatic rings. The van der Waals surface area contributed by atoms with Crippen molar-refractivity contribution in [3.05, 3.63) is 0 Å². The number of hydrogen-bond donors (Lipinski definition) is 0. The van der Waals surface area contributed by atoms with E-state index >= 15 is 0 Å². The summed E-state index contributed by atoms with van der Waals surface area (Å²) < 4.78 is 5.42. The number of ether oxygens (including phenoxy) is 1. The van der Waals surface area contributed by atoms with Gasteiger partial charge in [-0.15, -0.1) is 0 Å². The molecule has 74 valence electrons. The van der Waals surface area contributed by atoms with Crippen LogP contribution in [0.1, 0.15) is 40.0 Å². The van der Waals surface area contributed by atoms with Gasteiger partial charge in [-0.05, 0) is 31.1 Å². The van der Waals surface area contributed by atoms with Crippen LogP contribution in [0.4, 0.5) is 0 Å². The number of carbonyl (C=O) groups is 1. The van der Waals surface area contributed by atoms with Gasteiger partial charge in [-0.1, -0.05) is 13.8 Å². The third kappa shape index (κ3) is 1.27. The summed E-state index contributed by atoms with van der Waals surface area (Å²) in [6, 6.07) is 0. The van der Waals surface area contributed by atoms with Crippen LogP contribution < -0.4 is 0 Å². The quantitative estimate of drug-likeness (QED) is 0.582. The van der Waals surface area contributed by atoms with Gasteiger partial charge < -0.3 is 4.74 Å². The van der Waals surface area contributed by atoms with Crippen LogP contribution in [0.2, 0.25) is 0 Å². The molecule has 3 unspecified atom stereocenters. The monoisotopic (exact) mass is 182 g/mol. The molecular formula is C11H18O2. The molecule has 0 aliphatic heterocycles. The summed E-state index contributed by atoms with van der Waals surface area (Å²) >= 11 is 0. The van der Waals surface area contributed by atoms with E-state index in [2.05, 4.69) is 13.8 Å². The van der Waals surface area contributed by atoms with Gasteiger partial charge in [-0.3, -0.25) is 4.79 Å². The SMILES string of the molecule is CC(=O)OC1C2CCC(C2)C1(C)C. The predicted octanol–water partition coefficient (Wildman–Crippen LogP) is 2.37.